The van der Waals surface area contributed by atoms with Gasteiger partial charge in [0.05, 0.1) is 24.1 Å². The Bertz CT molecular complexity index is 798. The van der Waals surface area contributed by atoms with E-state index in [9.17, 15) is 9.59 Å². The molecule has 0 spiro atoms. The highest BCUT2D eigenvalue weighted by atomic mass is 16.5. The average molecular weight is 385 g/mol. The van der Waals surface area contributed by atoms with Crippen LogP contribution in [0.25, 0.3) is 0 Å². The van der Waals surface area contributed by atoms with Gasteiger partial charge in [-0.25, -0.2) is 0 Å². The van der Waals surface area contributed by atoms with E-state index in [1.54, 1.807) is 7.05 Å². The highest BCUT2D eigenvalue weighted by Gasteiger charge is 2.58. The second-order valence-corrected chi connectivity index (χ2v) is 8.05. The molecule has 28 heavy (non-hydrogen) atoms. The van der Waals surface area contributed by atoms with E-state index in [-0.39, 0.29) is 35.5 Å². The maximum Gasteiger partial charge on any atom is 0.233 e. The summed E-state index contributed by atoms with van der Waals surface area (Å²) in [5.74, 6) is 1.82. The molecule has 8 nitrogen and oxygen atoms in total. The van der Waals surface area contributed by atoms with Crippen molar-refractivity contribution in [2.45, 2.75) is 32.7 Å². The van der Waals surface area contributed by atoms with Crippen LogP contribution in [0.3, 0.4) is 0 Å². The zero-order valence-corrected chi connectivity index (χ0v) is 16.5. The number of hydrogen-bond donors (Lipinski definition) is 2. The fourth-order valence-electron chi connectivity index (χ4n) is 4.55. The minimum atomic E-state index is -0.137. The molecule has 3 aliphatic rings. The van der Waals surface area contributed by atoms with Crippen LogP contribution in [0.4, 0.5) is 0 Å². The number of carbonyl (C=O) groups is 2. The lowest BCUT2D eigenvalue weighted by Crippen LogP contribution is -2.43. The molecule has 4 rings (SSSR count). The summed E-state index contributed by atoms with van der Waals surface area (Å²) in [6.07, 6.45) is 5.17. The van der Waals surface area contributed by atoms with Gasteiger partial charge >= 0.3 is 0 Å². The van der Waals surface area contributed by atoms with Crippen molar-refractivity contribution in [3.05, 3.63) is 29.7 Å². The second-order valence-electron chi connectivity index (χ2n) is 8.05. The molecule has 1 aliphatic heterocycles. The summed E-state index contributed by atoms with van der Waals surface area (Å²) in [7, 11) is 1.68. The van der Waals surface area contributed by atoms with Gasteiger partial charge in [0.15, 0.2) is 11.7 Å². The lowest BCUT2D eigenvalue weighted by Gasteiger charge is -2.18. The fraction of sp³-hybridized carbons (Fsp3) is 0.600. The van der Waals surface area contributed by atoms with Gasteiger partial charge in [0.25, 0.3) is 0 Å². The highest BCUT2D eigenvalue weighted by Crippen LogP contribution is 2.52. The van der Waals surface area contributed by atoms with Crippen LogP contribution in [0.15, 0.2) is 27.7 Å². The standard InChI is InChI=1S/C20H27N5O3/c1-11(2)15-9-14(28-24-15)10-23-20(21-3)22-6-7-25-18(26)16-12-4-5-13(8-12)17(16)19(25)27/h4-5,9,11-13,16-17H,6-8,10H2,1-3H3,(H2,21,22,23). The maximum absolute atomic E-state index is 12.7. The van der Waals surface area contributed by atoms with Gasteiger partial charge in [-0.1, -0.05) is 31.2 Å². The third-order valence-electron chi connectivity index (χ3n) is 6.01. The molecule has 1 aromatic rings. The molecule has 1 saturated heterocycles. The molecule has 0 aromatic carbocycles. The van der Waals surface area contributed by atoms with E-state index in [1.165, 1.54) is 4.90 Å². The van der Waals surface area contributed by atoms with E-state index in [1.807, 2.05) is 6.07 Å². The lowest BCUT2D eigenvalue weighted by atomic mass is 9.85. The molecule has 1 saturated carbocycles. The SMILES string of the molecule is CN=C(NCCN1C(=O)C2C3C=CC(C3)C2C1=O)NCc1cc(C(C)C)no1. The zero-order chi connectivity index (χ0) is 19.8. The zero-order valence-electron chi connectivity index (χ0n) is 16.5. The van der Waals surface area contributed by atoms with E-state index in [0.29, 0.717) is 31.5 Å². The van der Waals surface area contributed by atoms with E-state index in [2.05, 4.69) is 46.8 Å². The molecule has 150 valence electrons. The number of likely N-dealkylation sites (tertiary alicyclic amines) is 1. The van der Waals surface area contributed by atoms with Crippen LogP contribution in [0.2, 0.25) is 0 Å². The Labute approximate surface area is 164 Å². The number of aromatic nitrogens is 1. The summed E-state index contributed by atoms with van der Waals surface area (Å²) in [6, 6.07) is 1.92. The van der Waals surface area contributed by atoms with Crippen LogP contribution >= 0.6 is 0 Å². The lowest BCUT2D eigenvalue weighted by molar-refractivity contribution is -0.140. The third kappa shape index (κ3) is 3.21. The predicted octanol–water partition coefficient (Wildman–Crippen LogP) is 1.27. The molecule has 2 aliphatic carbocycles. The van der Waals surface area contributed by atoms with Crippen LogP contribution in [0, 0.1) is 23.7 Å². The van der Waals surface area contributed by atoms with Crippen LogP contribution in [0.5, 0.6) is 0 Å². The molecule has 2 N–H and O–H groups in total. The van der Waals surface area contributed by atoms with E-state index < -0.39 is 0 Å². The molecule has 4 unspecified atom stereocenters. The van der Waals surface area contributed by atoms with Crippen LogP contribution in [-0.4, -0.2) is 48.0 Å². The minimum Gasteiger partial charge on any atom is -0.359 e. The summed E-state index contributed by atoms with van der Waals surface area (Å²) >= 11 is 0. The summed E-state index contributed by atoms with van der Waals surface area (Å²) in [5, 5.41) is 10.3. The molecular weight excluding hydrogens is 358 g/mol. The van der Waals surface area contributed by atoms with Crippen molar-refractivity contribution in [2.75, 3.05) is 20.1 Å². The number of rotatable bonds is 6. The first-order valence-corrected chi connectivity index (χ1v) is 9.93. The number of aliphatic imine (C=N–C) groups is 1. The van der Waals surface area contributed by atoms with Gasteiger partial charge in [0.2, 0.25) is 11.8 Å². The number of guanidine groups is 1. The Morgan fingerprint density at radius 3 is 2.50 bits per heavy atom. The third-order valence-corrected chi connectivity index (χ3v) is 6.01. The van der Waals surface area contributed by atoms with Gasteiger partial charge < -0.3 is 15.2 Å². The van der Waals surface area contributed by atoms with Crippen molar-refractivity contribution in [1.82, 2.24) is 20.7 Å². The number of allylic oxidation sites excluding steroid dienone is 2. The quantitative estimate of drug-likeness (QED) is 0.331. The van der Waals surface area contributed by atoms with Crippen LogP contribution in [-0.2, 0) is 16.1 Å². The second kappa shape index (κ2) is 7.41. The Morgan fingerprint density at radius 1 is 1.25 bits per heavy atom. The number of carbonyl (C=O) groups excluding carboxylic acids is 2. The monoisotopic (exact) mass is 385 g/mol. The van der Waals surface area contributed by atoms with Gasteiger partial charge in [0.1, 0.15) is 0 Å². The first-order chi connectivity index (χ1) is 13.5. The predicted molar refractivity (Wildman–Crippen MR) is 103 cm³/mol. The smallest absolute Gasteiger partial charge is 0.233 e. The van der Waals surface area contributed by atoms with Crippen molar-refractivity contribution in [1.29, 1.82) is 0 Å². The van der Waals surface area contributed by atoms with E-state index in [0.717, 1.165) is 17.9 Å². The molecular formula is C20H27N5O3. The molecule has 4 atom stereocenters. The molecule has 8 heteroatoms. The number of amides is 2. The first kappa shape index (κ1) is 18.7. The molecule has 2 heterocycles. The number of hydrogen-bond acceptors (Lipinski definition) is 5. The van der Waals surface area contributed by atoms with Gasteiger partial charge in [0, 0.05) is 26.2 Å². The van der Waals surface area contributed by atoms with Gasteiger partial charge in [-0.15, -0.1) is 0 Å². The van der Waals surface area contributed by atoms with Crippen molar-refractivity contribution in [2.24, 2.45) is 28.7 Å². The Balaban J connectivity index is 1.26. The maximum atomic E-state index is 12.7. The molecule has 0 radical (unpaired) electrons. The summed E-state index contributed by atoms with van der Waals surface area (Å²) in [5.41, 5.74) is 0.916. The number of nitrogens with zero attached hydrogens (tertiary/aromatic N) is 3. The fourth-order valence-corrected chi connectivity index (χ4v) is 4.55. The van der Waals surface area contributed by atoms with Crippen LogP contribution < -0.4 is 10.6 Å². The first-order valence-electron chi connectivity index (χ1n) is 9.93. The minimum absolute atomic E-state index is 0.0144. The summed E-state index contributed by atoms with van der Waals surface area (Å²) in [4.78, 5) is 31.0. The van der Waals surface area contributed by atoms with Crippen molar-refractivity contribution < 1.29 is 14.1 Å². The summed E-state index contributed by atoms with van der Waals surface area (Å²) < 4.78 is 5.30. The van der Waals surface area contributed by atoms with Crippen molar-refractivity contribution in [3.8, 4) is 0 Å². The molecule has 2 bridgehead atoms. The Kier molecular flexibility index (Phi) is 4.95. The molecule has 2 fully saturated rings. The number of nitrogens with one attached hydrogen (secondary N) is 2. The van der Waals surface area contributed by atoms with Crippen molar-refractivity contribution >= 4 is 17.8 Å². The Hall–Kier alpha value is -2.64. The highest BCUT2D eigenvalue weighted by molar-refractivity contribution is 6.06. The van der Waals surface area contributed by atoms with Gasteiger partial charge in [-0.3, -0.25) is 19.5 Å². The van der Waals surface area contributed by atoms with Gasteiger partial charge in [-0.05, 0) is 24.2 Å². The van der Waals surface area contributed by atoms with Crippen LogP contribution in [0.1, 0.15) is 37.6 Å². The normalized spacial score (nSPS) is 28.6. The number of imide groups is 1. The van der Waals surface area contributed by atoms with Crippen molar-refractivity contribution in [3.63, 3.8) is 0 Å². The topological polar surface area (TPSA) is 99.8 Å². The molecule has 1 aromatic heterocycles. The average Bonchev–Trinajstić information content (AvgIpc) is 3.44. The molecule has 2 amide bonds. The van der Waals surface area contributed by atoms with Gasteiger partial charge in [-0.2, -0.15) is 0 Å². The number of fused-ring (bicyclic) bond motifs is 5. The largest absolute Gasteiger partial charge is 0.359 e. The Morgan fingerprint density at radius 2 is 1.93 bits per heavy atom. The van der Waals surface area contributed by atoms with E-state index >= 15 is 0 Å². The van der Waals surface area contributed by atoms with E-state index in [4.69, 9.17) is 4.52 Å². The summed E-state index contributed by atoms with van der Waals surface area (Å²) in [6.45, 7) is 5.38.